The number of para-hydroxylation sites is 1. The highest BCUT2D eigenvalue weighted by molar-refractivity contribution is 5.81. The Morgan fingerprint density at radius 2 is 2.13 bits per heavy atom. The molecule has 4 heteroatoms. The molecular formula is C11H10N2O2. The number of benzene rings is 1. The quantitative estimate of drug-likeness (QED) is 0.807. The van der Waals surface area contributed by atoms with Crippen molar-refractivity contribution in [2.45, 2.75) is 6.61 Å². The summed E-state index contributed by atoms with van der Waals surface area (Å²) in [6, 6.07) is 9.47. The molecule has 0 radical (unpaired) electrons. The number of hydrogen-bond acceptors (Lipinski definition) is 3. The third kappa shape index (κ3) is 2.04. The number of carbonyl (C=O) groups is 1. The number of aromatic nitrogens is 1. The predicted molar refractivity (Wildman–Crippen MR) is 56.1 cm³/mol. The molecule has 0 atom stereocenters. The number of ether oxygens (including phenoxy) is 1. The number of carbonyl (C=O) groups excluding carboxylic acids is 1. The van der Waals surface area contributed by atoms with Crippen molar-refractivity contribution < 1.29 is 9.53 Å². The number of hydrogen-bond donors (Lipinski definition) is 1. The molecule has 0 spiro atoms. The van der Waals surface area contributed by atoms with Gasteiger partial charge < -0.3 is 10.5 Å². The zero-order valence-corrected chi connectivity index (χ0v) is 8.01. The molecule has 2 rings (SSSR count). The fraction of sp³-hybridized carbons (Fsp3) is 0.0909. The molecule has 0 saturated heterocycles. The van der Waals surface area contributed by atoms with Crippen LogP contribution in [0.15, 0.2) is 36.5 Å². The van der Waals surface area contributed by atoms with E-state index in [1.54, 1.807) is 6.20 Å². The van der Waals surface area contributed by atoms with Gasteiger partial charge in [0.05, 0.1) is 5.52 Å². The summed E-state index contributed by atoms with van der Waals surface area (Å²) in [6.07, 6.45) is 0.915. The molecule has 0 unspecified atom stereocenters. The molecule has 0 bridgehead atoms. The Morgan fingerprint density at radius 1 is 1.33 bits per heavy atom. The largest absolute Gasteiger partial charge is 0.445 e. The number of primary amides is 1. The zero-order valence-electron chi connectivity index (χ0n) is 8.01. The highest BCUT2D eigenvalue weighted by Crippen LogP contribution is 2.16. The Hall–Kier alpha value is -2.10. The van der Waals surface area contributed by atoms with Crippen LogP contribution in [0.25, 0.3) is 10.9 Å². The number of fused-ring (bicyclic) bond motifs is 1. The smallest absolute Gasteiger partial charge is 0.404 e. The van der Waals surface area contributed by atoms with Crippen LogP contribution < -0.4 is 5.73 Å². The molecule has 2 N–H and O–H groups in total. The van der Waals surface area contributed by atoms with E-state index < -0.39 is 6.09 Å². The summed E-state index contributed by atoms with van der Waals surface area (Å²) in [6.45, 7) is 0.179. The molecule has 1 aromatic heterocycles. The fourth-order valence-electron chi connectivity index (χ4n) is 1.43. The van der Waals surface area contributed by atoms with Crippen LogP contribution in [0.3, 0.4) is 0 Å². The molecule has 1 heterocycles. The van der Waals surface area contributed by atoms with Gasteiger partial charge in [0.2, 0.25) is 0 Å². The van der Waals surface area contributed by atoms with Crippen LogP contribution in [0.5, 0.6) is 0 Å². The van der Waals surface area contributed by atoms with Gasteiger partial charge in [0, 0.05) is 17.1 Å². The summed E-state index contributed by atoms with van der Waals surface area (Å²) in [5, 5.41) is 0.973. The van der Waals surface area contributed by atoms with E-state index in [0.29, 0.717) is 0 Å². The zero-order chi connectivity index (χ0) is 10.7. The van der Waals surface area contributed by atoms with Gasteiger partial charge in [0.25, 0.3) is 0 Å². The van der Waals surface area contributed by atoms with Crippen molar-refractivity contribution in [3.63, 3.8) is 0 Å². The molecule has 76 valence electrons. The maximum absolute atomic E-state index is 10.5. The highest BCUT2D eigenvalue weighted by atomic mass is 16.5. The number of rotatable bonds is 2. The Balaban J connectivity index is 2.38. The average Bonchev–Trinajstić information content (AvgIpc) is 2.26. The van der Waals surface area contributed by atoms with Gasteiger partial charge in [-0.1, -0.05) is 18.2 Å². The molecule has 4 nitrogen and oxygen atoms in total. The van der Waals surface area contributed by atoms with Gasteiger partial charge in [0.15, 0.2) is 0 Å². The number of nitrogens with two attached hydrogens (primary N) is 1. The van der Waals surface area contributed by atoms with Gasteiger partial charge in [0.1, 0.15) is 6.61 Å². The van der Waals surface area contributed by atoms with Gasteiger partial charge >= 0.3 is 6.09 Å². The second-order valence-electron chi connectivity index (χ2n) is 3.09. The monoisotopic (exact) mass is 202 g/mol. The van der Waals surface area contributed by atoms with Crippen molar-refractivity contribution in [1.29, 1.82) is 0 Å². The fourth-order valence-corrected chi connectivity index (χ4v) is 1.43. The van der Waals surface area contributed by atoms with Crippen molar-refractivity contribution in [3.8, 4) is 0 Å². The Bertz CT molecular complexity index is 491. The molecular weight excluding hydrogens is 192 g/mol. The van der Waals surface area contributed by atoms with Gasteiger partial charge in [-0.3, -0.25) is 4.98 Å². The summed E-state index contributed by atoms with van der Waals surface area (Å²) >= 11 is 0. The van der Waals surface area contributed by atoms with Crippen molar-refractivity contribution in [3.05, 3.63) is 42.1 Å². The minimum atomic E-state index is -0.768. The first-order chi connectivity index (χ1) is 7.27. The maximum atomic E-state index is 10.5. The van der Waals surface area contributed by atoms with E-state index in [1.165, 1.54) is 0 Å². The van der Waals surface area contributed by atoms with E-state index in [2.05, 4.69) is 4.98 Å². The van der Waals surface area contributed by atoms with Crippen LogP contribution in [0.2, 0.25) is 0 Å². The molecule has 0 aliphatic carbocycles. The van der Waals surface area contributed by atoms with Crippen molar-refractivity contribution in [2.24, 2.45) is 5.73 Å². The average molecular weight is 202 g/mol. The van der Waals surface area contributed by atoms with Crippen LogP contribution in [0, 0.1) is 0 Å². The molecule has 0 aliphatic heterocycles. The summed E-state index contributed by atoms with van der Waals surface area (Å²) in [4.78, 5) is 14.7. The highest BCUT2D eigenvalue weighted by Gasteiger charge is 2.02. The van der Waals surface area contributed by atoms with Crippen molar-refractivity contribution in [1.82, 2.24) is 4.98 Å². The molecule has 0 saturated carbocycles. The Labute approximate surface area is 86.7 Å². The van der Waals surface area contributed by atoms with Crippen LogP contribution in [0.4, 0.5) is 4.79 Å². The third-order valence-electron chi connectivity index (χ3n) is 2.11. The van der Waals surface area contributed by atoms with E-state index in [9.17, 15) is 4.79 Å². The normalized spacial score (nSPS) is 10.1. The lowest BCUT2D eigenvalue weighted by atomic mass is 10.1. The topological polar surface area (TPSA) is 65.2 Å². The van der Waals surface area contributed by atoms with E-state index >= 15 is 0 Å². The first-order valence-corrected chi connectivity index (χ1v) is 4.52. The van der Waals surface area contributed by atoms with E-state index in [4.69, 9.17) is 10.5 Å². The Kier molecular flexibility index (Phi) is 2.49. The molecule has 1 amide bonds. The summed E-state index contributed by atoms with van der Waals surface area (Å²) in [5.41, 5.74) is 6.69. The molecule has 1 aromatic carbocycles. The minimum absolute atomic E-state index is 0.179. The summed E-state index contributed by atoms with van der Waals surface area (Å²) in [7, 11) is 0. The SMILES string of the molecule is NC(=O)OCc1ccnc2ccccc12. The second kappa shape index (κ2) is 3.96. The van der Waals surface area contributed by atoms with Gasteiger partial charge in [-0.15, -0.1) is 0 Å². The first-order valence-electron chi connectivity index (χ1n) is 4.52. The second-order valence-corrected chi connectivity index (χ2v) is 3.09. The van der Waals surface area contributed by atoms with Gasteiger partial charge in [-0.2, -0.15) is 0 Å². The number of nitrogens with zero attached hydrogens (tertiary/aromatic N) is 1. The minimum Gasteiger partial charge on any atom is -0.445 e. The predicted octanol–water partition coefficient (Wildman–Crippen LogP) is 1.83. The van der Waals surface area contributed by atoms with Gasteiger partial charge in [-0.05, 0) is 12.1 Å². The molecule has 2 aromatic rings. The maximum Gasteiger partial charge on any atom is 0.404 e. The van der Waals surface area contributed by atoms with E-state index in [1.807, 2.05) is 30.3 Å². The van der Waals surface area contributed by atoms with Crippen molar-refractivity contribution in [2.75, 3.05) is 0 Å². The lowest BCUT2D eigenvalue weighted by molar-refractivity contribution is 0.150. The lowest BCUT2D eigenvalue weighted by Crippen LogP contribution is -2.12. The van der Waals surface area contributed by atoms with Crippen LogP contribution in [-0.4, -0.2) is 11.1 Å². The van der Waals surface area contributed by atoms with Gasteiger partial charge in [-0.25, -0.2) is 4.79 Å². The Morgan fingerprint density at radius 3 is 2.93 bits per heavy atom. The summed E-state index contributed by atoms with van der Waals surface area (Å²) in [5.74, 6) is 0. The first kappa shape index (κ1) is 9.45. The summed E-state index contributed by atoms with van der Waals surface area (Å²) < 4.78 is 4.75. The van der Waals surface area contributed by atoms with E-state index in [-0.39, 0.29) is 6.61 Å². The van der Waals surface area contributed by atoms with E-state index in [0.717, 1.165) is 16.5 Å². The lowest BCUT2D eigenvalue weighted by Gasteiger charge is -2.05. The number of pyridine rings is 1. The molecule has 0 aliphatic rings. The molecule has 0 fully saturated rings. The molecule has 15 heavy (non-hydrogen) atoms. The van der Waals surface area contributed by atoms with Crippen LogP contribution in [0.1, 0.15) is 5.56 Å². The van der Waals surface area contributed by atoms with Crippen LogP contribution >= 0.6 is 0 Å². The standard InChI is InChI=1S/C11H10N2O2/c12-11(14)15-7-8-5-6-13-10-4-2-1-3-9(8)10/h1-6H,7H2,(H2,12,14). The third-order valence-corrected chi connectivity index (χ3v) is 2.11. The van der Waals surface area contributed by atoms with Crippen LogP contribution in [-0.2, 0) is 11.3 Å². The van der Waals surface area contributed by atoms with Crippen molar-refractivity contribution >= 4 is 17.0 Å². The number of amides is 1.